The number of rotatable bonds is 7. The van der Waals surface area contributed by atoms with Gasteiger partial charge in [0, 0.05) is 12.1 Å². The molecule has 0 spiro atoms. The van der Waals surface area contributed by atoms with Crippen molar-refractivity contribution in [2.45, 2.75) is 51.4 Å². The number of hydrogen-bond acceptors (Lipinski definition) is 4. The smallest absolute Gasteiger partial charge is 0.123 e. The molecule has 1 aliphatic carbocycles. The number of hydrogen-bond donors (Lipinski definition) is 2. The lowest BCUT2D eigenvalue weighted by Gasteiger charge is -2.27. The maximum atomic E-state index is 9.98. The van der Waals surface area contributed by atoms with E-state index in [-0.39, 0.29) is 6.61 Å². The number of benzene rings is 1. The second-order valence-electron chi connectivity index (χ2n) is 5.99. The van der Waals surface area contributed by atoms with Gasteiger partial charge in [-0.2, -0.15) is 0 Å². The van der Waals surface area contributed by atoms with Gasteiger partial charge in [0.05, 0.1) is 12.7 Å². The minimum Gasteiger partial charge on any atom is -0.490 e. The Morgan fingerprint density at radius 2 is 1.90 bits per heavy atom. The molecule has 1 aliphatic rings. The van der Waals surface area contributed by atoms with Crippen molar-refractivity contribution in [2.24, 2.45) is 11.7 Å². The molecule has 0 saturated heterocycles. The third-order valence-corrected chi connectivity index (χ3v) is 4.11. The van der Waals surface area contributed by atoms with Gasteiger partial charge in [-0.05, 0) is 37.7 Å². The first-order valence-corrected chi connectivity index (χ1v) is 7.89. The second kappa shape index (κ2) is 8.37. The molecule has 118 valence electrons. The van der Waals surface area contributed by atoms with Gasteiger partial charge in [0.2, 0.25) is 0 Å². The van der Waals surface area contributed by atoms with Crippen LogP contribution in [0, 0.1) is 5.92 Å². The number of nitrogens with two attached hydrogens (primary N) is 1. The Morgan fingerprint density at radius 3 is 2.62 bits per heavy atom. The van der Waals surface area contributed by atoms with Crippen molar-refractivity contribution in [3.05, 3.63) is 29.8 Å². The Balaban J connectivity index is 1.68. The molecule has 1 atom stereocenters. The molecule has 1 aromatic carbocycles. The lowest BCUT2D eigenvalue weighted by Crippen LogP contribution is -2.29. The van der Waals surface area contributed by atoms with Crippen molar-refractivity contribution in [1.82, 2.24) is 0 Å². The summed E-state index contributed by atoms with van der Waals surface area (Å²) >= 11 is 0. The summed E-state index contributed by atoms with van der Waals surface area (Å²) in [6, 6.07) is 7.64. The predicted molar refractivity (Wildman–Crippen MR) is 83.2 cm³/mol. The lowest BCUT2D eigenvalue weighted by atomic mass is 9.89. The summed E-state index contributed by atoms with van der Waals surface area (Å²) in [6.45, 7) is 3.29. The van der Waals surface area contributed by atoms with Crippen LogP contribution in [0.4, 0.5) is 0 Å². The van der Waals surface area contributed by atoms with E-state index in [0.29, 0.717) is 19.3 Å². The summed E-state index contributed by atoms with van der Waals surface area (Å²) < 4.78 is 11.4. The summed E-state index contributed by atoms with van der Waals surface area (Å²) in [7, 11) is 0. The molecule has 1 saturated carbocycles. The number of aliphatic hydroxyl groups is 1. The Hall–Kier alpha value is -1.10. The summed E-state index contributed by atoms with van der Waals surface area (Å²) in [4.78, 5) is 0. The summed E-state index contributed by atoms with van der Waals surface area (Å²) in [5.41, 5.74) is 6.61. The Morgan fingerprint density at radius 1 is 1.19 bits per heavy atom. The van der Waals surface area contributed by atoms with E-state index in [1.807, 2.05) is 24.3 Å². The normalized spacial score (nSPS) is 23.8. The van der Waals surface area contributed by atoms with Crippen LogP contribution >= 0.6 is 0 Å². The summed E-state index contributed by atoms with van der Waals surface area (Å²) in [6.07, 6.45) is 4.35. The van der Waals surface area contributed by atoms with Crippen LogP contribution in [-0.4, -0.2) is 30.5 Å². The molecule has 0 bridgehead atoms. The first-order chi connectivity index (χ1) is 10.2. The van der Waals surface area contributed by atoms with Crippen LogP contribution in [0.1, 0.15) is 38.2 Å². The van der Waals surface area contributed by atoms with Gasteiger partial charge in [-0.15, -0.1) is 0 Å². The molecule has 0 amide bonds. The molecular weight excluding hydrogens is 266 g/mol. The van der Waals surface area contributed by atoms with Gasteiger partial charge in [-0.3, -0.25) is 0 Å². The van der Waals surface area contributed by atoms with Crippen molar-refractivity contribution >= 4 is 0 Å². The molecular formula is C17H27NO3. The molecule has 3 N–H and O–H groups in total. The van der Waals surface area contributed by atoms with E-state index >= 15 is 0 Å². The highest BCUT2D eigenvalue weighted by Gasteiger charge is 2.19. The van der Waals surface area contributed by atoms with E-state index in [9.17, 15) is 5.11 Å². The predicted octanol–water partition coefficient (Wildman–Crippen LogP) is 2.48. The van der Waals surface area contributed by atoms with Crippen LogP contribution in [0.25, 0.3) is 0 Å². The molecule has 21 heavy (non-hydrogen) atoms. The molecule has 1 fully saturated rings. The minimum atomic E-state index is -0.602. The lowest BCUT2D eigenvalue weighted by molar-refractivity contribution is -0.0403. The van der Waals surface area contributed by atoms with Crippen LogP contribution < -0.4 is 10.5 Å². The maximum Gasteiger partial charge on any atom is 0.123 e. The molecule has 0 aromatic heterocycles. The molecule has 4 nitrogen and oxygen atoms in total. The van der Waals surface area contributed by atoms with Crippen molar-refractivity contribution in [2.75, 3.05) is 13.2 Å². The van der Waals surface area contributed by atoms with Crippen molar-refractivity contribution < 1.29 is 14.6 Å². The zero-order valence-electron chi connectivity index (χ0n) is 12.8. The summed E-state index contributed by atoms with van der Waals surface area (Å²) in [5.74, 6) is 1.55. The number of ether oxygens (including phenoxy) is 2. The average Bonchev–Trinajstić information content (AvgIpc) is 2.52. The first kappa shape index (κ1) is 16.3. The number of para-hydroxylation sites is 1. The quantitative estimate of drug-likeness (QED) is 0.810. The third kappa shape index (κ3) is 5.30. The van der Waals surface area contributed by atoms with Crippen LogP contribution in [0.15, 0.2) is 24.3 Å². The third-order valence-electron chi connectivity index (χ3n) is 4.11. The second-order valence-corrected chi connectivity index (χ2v) is 5.99. The van der Waals surface area contributed by atoms with Gasteiger partial charge < -0.3 is 20.3 Å². The van der Waals surface area contributed by atoms with Gasteiger partial charge in [0.25, 0.3) is 0 Å². The molecule has 1 unspecified atom stereocenters. The number of aliphatic hydroxyl groups excluding tert-OH is 1. The minimum absolute atomic E-state index is 0.236. The van der Waals surface area contributed by atoms with Gasteiger partial charge in [-0.1, -0.05) is 25.1 Å². The van der Waals surface area contributed by atoms with Crippen LogP contribution in [0.3, 0.4) is 0 Å². The highest BCUT2D eigenvalue weighted by molar-refractivity contribution is 5.32. The van der Waals surface area contributed by atoms with E-state index < -0.39 is 6.10 Å². The Labute approximate surface area is 127 Å². The molecule has 1 aromatic rings. The zero-order valence-corrected chi connectivity index (χ0v) is 12.8. The Kier molecular flexibility index (Phi) is 6.49. The molecule has 0 heterocycles. The van der Waals surface area contributed by atoms with Crippen molar-refractivity contribution in [1.29, 1.82) is 0 Å². The van der Waals surface area contributed by atoms with Crippen LogP contribution in [0.5, 0.6) is 5.75 Å². The molecule has 4 heteroatoms. The van der Waals surface area contributed by atoms with Crippen molar-refractivity contribution in [3.63, 3.8) is 0 Å². The standard InChI is InChI=1S/C17H27NO3/c1-13-6-8-16(9-7-13)20-11-15(19)12-21-17-5-3-2-4-14(17)10-18/h2-5,13,15-16,19H,6-12,18H2,1H3. The Bertz CT molecular complexity index is 416. The molecule has 2 rings (SSSR count). The fraction of sp³-hybridized carbons (Fsp3) is 0.647. The van der Waals surface area contributed by atoms with Crippen LogP contribution in [0.2, 0.25) is 0 Å². The average molecular weight is 293 g/mol. The monoisotopic (exact) mass is 293 g/mol. The van der Waals surface area contributed by atoms with E-state index in [1.165, 1.54) is 12.8 Å². The SMILES string of the molecule is CC1CCC(OCC(O)COc2ccccc2CN)CC1. The first-order valence-electron chi connectivity index (χ1n) is 7.89. The highest BCUT2D eigenvalue weighted by Crippen LogP contribution is 2.25. The topological polar surface area (TPSA) is 64.7 Å². The van der Waals surface area contributed by atoms with Gasteiger partial charge in [0.15, 0.2) is 0 Å². The van der Waals surface area contributed by atoms with E-state index in [2.05, 4.69) is 6.92 Å². The summed E-state index contributed by atoms with van der Waals surface area (Å²) in [5, 5.41) is 9.98. The molecule has 0 aliphatic heterocycles. The van der Waals surface area contributed by atoms with Gasteiger partial charge >= 0.3 is 0 Å². The van der Waals surface area contributed by atoms with E-state index in [0.717, 1.165) is 30.1 Å². The van der Waals surface area contributed by atoms with E-state index in [4.69, 9.17) is 15.2 Å². The fourth-order valence-electron chi connectivity index (χ4n) is 2.69. The maximum absolute atomic E-state index is 9.98. The zero-order chi connectivity index (χ0) is 15.1. The van der Waals surface area contributed by atoms with E-state index in [1.54, 1.807) is 0 Å². The van der Waals surface area contributed by atoms with Crippen LogP contribution in [-0.2, 0) is 11.3 Å². The van der Waals surface area contributed by atoms with Crippen molar-refractivity contribution in [3.8, 4) is 5.75 Å². The highest BCUT2D eigenvalue weighted by atomic mass is 16.5. The fourth-order valence-corrected chi connectivity index (χ4v) is 2.69. The largest absolute Gasteiger partial charge is 0.490 e. The van der Waals surface area contributed by atoms with Gasteiger partial charge in [-0.25, -0.2) is 0 Å². The van der Waals surface area contributed by atoms with Gasteiger partial charge in [0.1, 0.15) is 18.5 Å². The molecule has 0 radical (unpaired) electrons.